The van der Waals surface area contributed by atoms with Gasteiger partial charge in [0, 0.05) is 12.0 Å². The lowest BCUT2D eigenvalue weighted by Gasteiger charge is -2.26. The molecule has 1 amide bonds. The maximum Gasteiger partial charge on any atom is 0.479 e. The fourth-order valence-corrected chi connectivity index (χ4v) is 2.10. The molecule has 1 atom stereocenters. The molecular weight excluding hydrogens is 218 g/mol. The molecule has 0 aliphatic heterocycles. The molecule has 1 fully saturated rings. The van der Waals surface area contributed by atoms with Crippen molar-refractivity contribution in [2.24, 2.45) is 5.92 Å². The summed E-state index contributed by atoms with van der Waals surface area (Å²) >= 11 is 0. The molecule has 0 saturated heterocycles. The SMILES string of the molecule is CC(C[B-](F)(F)F)C(=O)NC1CCCCC1. The van der Waals surface area contributed by atoms with E-state index in [1.807, 2.05) is 0 Å². The number of carbonyl (C=O) groups is 1. The van der Waals surface area contributed by atoms with Crippen molar-refractivity contribution in [2.45, 2.75) is 51.4 Å². The van der Waals surface area contributed by atoms with Gasteiger partial charge in [-0.05, 0) is 12.8 Å². The average molecular weight is 236 g/mol. The average Bonchev–Trinajstić information content (AvgIpc) is 2.16. The highest BCUT2D eigenvalue weighted by molar-refractivity contribution is 6.58. The molecule has 1 unspecified atom stereocenters. The molecule has 1 rings (SSSR count). The molecule has 0 heterocycles. The molecule has 1 aliphatic rings. The zero-order chi connectivity index (χ0) is 12.2. The van der Waals surface area contributed by atoms with Crippen molar-refractivity contribution in [3.05, 3.63) is 0 Å². The van der Waals surface area contributed by atoms with E-state index in [0.717, 1.165) is 32.1 Å². The van der Waals surface area contributed by atoms with Crippen LogP contribution in [0.1, 0.15) is 39.0 Å². The van der Waals surface area contributed by atoms with Crippen molar-refractivity contribution in [3.63, 3.8) is 0 Å². The first-order valence-corrected chi connectivity index (χ1v) is 5.90. The highest BCUT2D eigenvalue weighted by Crippen LogP contribution is 2.22. The summed E-state index contributed by atoms with van der Waals surface area (Å²) in [5.41, 5.74) is 0. The van der Waals surface area contributed by atoms with E-state index < -0.39 is 25.1 Å². The van der Waals surface area contributed by atoms with Gasteiger partial charge in [-0.25, -0.2) is 0 Å². The number of halogens is 3. The van der Waals surface area contributed by atoms with Crippen molar-refractivity contribution in [2.75, 3.05) is 0 Å². The molecule has 6 heteroatoms. The second kappa shape index (κ2) is 5.59. The van der Waals surface area contributed by atoms with E-state index in [2.05, 4.69) is 5.32 Å². The van der Waals surface area contributed by atoms with Gasteiger partial charge in [0.15, 0.2) is 0 Å². The number of amides is 1. The Labute approximate surface area is 94.0 Å². The van der Waals surface area contributed by atoms with Crippen LogP contribution in [0.2, 0.25) is 6.32 Å². The minimum Gasteiger partial charge on any atom is -0.449 e. The second-order valence-corrected chi connectivity index (χ2v) is 4.69. The summed E-state index contributed by atoms with van der Waals surface area (Å²) < 4.78 is 36.4. The maximum absolute atomic E-state index is 12.1. The summed E-state index contributed by atoms with van der Waals surface area (Å²) in [7, 11) is 0. The molecule has 16 heavy (non-hydrogen) atoms. The summed E-state index contributed by atoms with van der Waals surface area (Å²) in [6.07, 6.45) is 4.10. The normalized spacial score (nSPS) is 20.5. The Morgan fingerprint density at radius 3 is 2.38 bits per heavy atom. The van der Waals surface area contributed by atoms with Crippen molar-refractivity contribution in [1.82, 2.24) is 5.32 Å². The summed E-state index contributed by atoms with van der Waals surface area (Å²) in [5, 5.41) is 2.71. The topological polar surface area (TPSA) is 29.1 Å². The van der Waals surface area contributed by atoms with Crippen LogP contribution in [0.4, 0.5) is 12.9 Å². The number of hydrogen-bond acceptors (Lipinski definition) is 1. The number of rotatable bonds is 4. The van der Waals surface area contributed by atoms with Gasteiger partial charge in [-0.1, -0.05) is 32.5 Å². The van der Waals surface area contributed by atoms with E-state index in [9.17, 15) is 17.7 Å². The summed E-state index contributed by atoms with van der Waals surface area (Å²) in [4.78, 5) is 11.5. The Morgan fingerprint density at radius 2 is 1.88 bits per heavy atom. The van der Waals surface area contributed by atoms with Crippen molar-refractivity contribution in [1.29, 1.82) is 0 Å². The fourth-order valence-electron chi connectivity index (χ4n) is 2.10. The number of nitrogens with one attached hydrogen (secondary N) is 1. The van der Waals surface area contributed by atoms with E-state index in [1.165, 1.54) is 6.92 Å². The fraction of sp³-hybridized carbons (Fsp3) is 0.900. The van der Waals surface area contributed by atoms with Crippen LogP contribution in [-0.2, 0) is 4.79 Å². The monoisotopic (exact) mass is 236 g/mol. The minimum absolute atomic E-state index is 0.0874. The van der Waals surface area contributed by atoms with E-state index in [4.69, 9.17) is 0 Å². The zero-order valence-corrected chi connectivity index (χ0v) is 9.52. The predicted molar refractivity (Wildman–Crippen MR) is 58.1 cm³/mol. The first-order valence-electron chi connectivity index (χ1n) is 5.90. The Bertz CT molecular complexity index is 239. The molecule has 0 bridgehead atoms. The summed E-state index contributed by atoms with van der Waals surface area (Å²) in [5.74, 6) is -1.41. The standard InChI is InChI=1S/C10H18BF3NO/c1-8(7-11(12,13)14)10(16)15-9-5-3-2-4-6-9/h8-9H,2-7H2,1H3,(H,15,16)/q-1. The van der Waals surface area contributed by atoms with Crippen LogP contribution in [0.5, 0.6) is 0 Å². The second-order valence-electron chi connectivity index (χ2n) is 4.69. The highest BCUT2D eigenvalue weighted by atomic mass is 19.4. The Hall–Kier alpha value is -0.675. The molecule has 2 nitrogen and oxygen atoms in total. The molecule has 0 spiro atoms. The summed E-state index contributed by atoms with van der Waals surface area (Å²) in [6.45, 7) is -3.53. The molecule has 0 aromatic carbocycles. The Morgan fingerprint density at radius 1 is 1.31 bits per heavy atom. The third-order valence-corrected chi connectivity index (χ3v) is 3.02. The van der Waals surface area contributed by atoms with Crippen molar-refractivity contribution < 1.29 is 17.7 Å². The maximum atomic E-state index is 12.1. The molecule has 1 saturated carbocycles. The Balaban J connectivity index is 2.33. The van der Waals surface area contributed by atoms with Crippen LogP contribution in [0.25, 0.3) is 0 Å². The van der Waals surface area contributed by atoms with Gasteiger partial charge in [-0.3, -0.25) is 4.79 Å². The van der Waals surface area contributed by atoms with Crippen LogP contribution in [0, 0.1) is 5.92 Å². The molecule has 1 N–H and O–H groups in total. The van der Waals surface area contributed by atoms with Gasteiger partial charge in [0.25, 0.3) is 0 Å². The van der Waals surface area contributed by atoms with Gasteiger partial charge >= 0.3 is 6.98 Å². The van der Waals surface area contributed by atoms with Gasteiger partial charge < -0.3 is 18.3 Å². The van der Waals surface area contributed by atoms with Crippen LogP contribution in [0.15, 0.2) is 0 Å². The molecule has 0 aromatic heterocycles. The van der Waals surface area contributed by atoms with E-state index in [1.54, 1.807) is 0 Å². The highest BCUT2D eigenvalue weighted by Gasteiger charge is 2.29. The van der Waals surface area contributed by atoms with Crippen LogP contribution < -0.4 is 5.32 Å². The lowest BCUT2D eigenvalue weighted by molar-refractivity contribution is -0.125. The van der Waals surface area contributed by atoms with E-state index in [-0.39, 0.29) is 6.04 Å². The van der Waals surface area contributed by atoms with E-state index >= 15 is 0 Å². The molecule has 94 valence electrons. The molecule has 0 radical (unpaired) electrons. The van der Waals surface area contributed by atoms with Crippen molar-refractivity contribution in [3.8, 4) is 0 Å². The number of hydrogen-bond donors (Lipinski definition) is 1. The third kappa shape index (κ3) is 4.90. The lowest BCUT2D eigenvalue weighted by atomic mass is 9.78. The Kier molecular flexibility index (Phi) is 4.68. The lowest BCUT2D eigenvalue weighted by Crippen LogP contribution is -2.40. The summed E-state index contributed by atoms with van der Waals surface area (Å²) in [6, 6.07) is 0.0874. The predicted octanol–water partition coefficient (Wildman–Crippen LogP) is 2.92. The van der Waals surface area contributed by atoms with Gasteiger partial charge in [-0.2, -0.15) is 0 Å². The largest absolute Gasteiger partial charge is 0.479 e. The van der Waals surface area contributed by atoms with E-state index in [0.29, 0.717) is 0 Å². The number of carbonyl (C=O) groups excluding carboxylic acids is 1. The van der Waals surface area contributed by atoms with Gasteiger partial charge in [-0.15, -0.1) is 0 Å². The first-order chi connectivity index (χ1) is 7.38. The minimum atomic E-state index is -4.87. The van der Waals surface area contributed by atoms with Gasteiger partial charge in [0.1, 0.15) is 0 Å². The molecule has 0 aromatic rings. The van der Waals surface area contributed by atoms with Crippen LogP contribution >= 0.6 is 0 Å². The first kappa shape index (κ1) is 13.4. The quantitative estimate of drug-likeness (QED) is 0.747. The van der Waals surface area contributed by atoms with Crippen LogP contribution in [-0.4, -0.2) is 18.9 Å². The smallest absolute Gasteiger partial charge is 0.449 e. The molecule has 1 aliphatic carbocycles. The zero-order valence-electron chi connectivity index (χ0n) is 9.52. The third-order valence-electron chi connectivity index (χ3n) is 3.02. The molecular formula is C10H18BF3NO-. The van der Waals surface area contributed by atoms with Gasteiger partial charge in [0.05, 0.1) is 0 Å². The van der Waals surface area contributed by atoms with Gasteiger partial charge in [0.2, 0.25) is 5.91 Å². The van der Waals surface area contributed by atoms with Crippen molar-refractivity contribution >= 4 is 12.9 Å². The van der Waals surface area contributed by atoms with Crippen LogP contribution in [0.3, 0.4) is 0 Å².